The molecule has 0 N–H and O–H groups in total. The second-order valence-corrected chi connectivity index (χ2v) is 6.85. The first-order chi connectivity index (χ1) is 9.49. The number of halogens is 1. The predicted octanol–water partition coefficient (Wildman–Crippen LogP) is 4.78. The summed E-state index contributed by atoms with van der Waals surface area (Å²) in [6.07, 6.45) is 1.03. The highest BCUT2D eigenvalue weighted by molar-refractivity contribution is 9.10. The fraction of sp³-hybridized carbons (Fsp3) is 0.312. The van der Waals surface area contributed by atoms with Crippen LogP contribution in [-0.4, -0.2) is 18.9 Å². The minimum absolute atomic E-state index is 0.0812. The lowest BCUT2D eigenvalue weighted by atomic mass is 10.1. The summed E-state index contributed by atoms with van der Waals surface area (Å²) >= 11 is 5.27. The van der Waals surface area contributed by atoms with Crippen molar-refractivity contribution >= 4 is 38.7 Å². The average Bonchev–Trinajstić information content (AvgIpc) is 2.90. The Bertz CT molecular complexity index is 595. The first-order valence-electron chi connectivity index (χ1n) is 6.54. The van der Waals surface area contributed by atoms with E-state index >= 15 is 0 Å². The average molecular weight is 352 g/mol. The van der Waals surface area contributed by atoms with Gasteiger partial charge in [-0.25, -0.2) is 0 Å². The number of hydrogen-bond acceptors (Lipinski definition) is 3. The van der Waals surface area contributed by atoms with Crippen molar-refractivity contribution in [1.82, 2.24) is 0 Å². The minimum Gasteiger partial charge on any atom is -0.371 e. The summed E-state index contributed by atoms with van der Waals surface area (Å²) < 4.78 is 0.859. The first-order valence-corrected chi connectivity index (χ1v) is 8.22. The van der Waals surface area contributed by atoms with Crippen molar-refractivity contribution in [2.75, 3.05) is 11.9 Å². The summed E-state index contributed by atoms with van der Waals surface area (Å²) in [7, 11) is 2.09. The highest BCUT2D eigenvalue weighted by Crippen LogP contribution is 2.26. The number of ketones is 1. The van der Waals surface area contributed by atoms with Crippen LogP contribution in [0.5, 0.6) is 0 Å². The van der Waals surface area contributed by atoms with E-state index in [1.807, 2.05) is 18.2 Å². The lowest BCUT2D eigenvalue weighted by molar-refractivity contribution is 0.101. The number of anilines is 1. The van der Waals surface area contributed by atoms with Gasteiger partial charge < -0.3 is 4.90 Å². The summed E-state index contributed by atoms with van der Waals surface area (Å²) in [5.74, 6) is 0.0812. The Kier molecular flexibility index (Phi) is 5.00. The molecule has 2 aromatic rings. The monoisotopic (exact) mass is 351 g/mol. The van der Waals surface area contributed by atoms with Gasteiger partial charge in [-0.05, 0) is 59.4 Å². The number of Topliss-reactive ketones (excluding diaryl/α,β-unsaturated/α-hetero) is 1. The molecule has 1 heterocycles. The van der Waals surface area contributed by atoms with Crippen molar-refractivity contribution in [3.63, 3.8) is 0 Å². The van der Waals surface area contributed by atoms with Crippen molar-refractivity contribution in [3.05, 3.63) is 50.6 Å². The van der Waals surface area contributed by atoms with Crippen LogP contribution in [0.1, 0.15) is 29.1 Å². The smallest absolute Gasteiger partial charge is 0.160 e. The molecule has 2 rings (SSSR count). The van der Waals surface area contributed by atoms with E-state index in [4.69, 9.17) is 0 Å². The van der Waals surface area contributed by atoms with Gasteiger partial charge >= 0.3 is 0 Å². The van der Waals surface area contributed by atoms with E-state index in [0.717, 1.165) is 22.1 Å². The van der Waals surface area contributed by atoms with Gasteiger partial charge in [-0.15, -0.1) is 11.3 Å². The molecule has 0 aliphatic rings. The van der Waals surface area contributed by atoms with Gasteiger partial charge in [0.1, 0.15) is 0 Å². The van der Waals surface area contributed by atoms with E-state index in [-0.39, 0.29) is 5.78 Å². The molecule has 0 saturated heterocycles. The molecule has 0 saturated carbocycles. The fourth-order valence-corrected chi connectivity index (χ4v) is 3.59. The molecule has 1 unspecified atom stereocenters. The van der Waals surface area contributed by atoms with Crippen LogP contribution in [0, 0.1) is 0 Å². The van der Waals surface area contributed by atoms with Crippen LogP contribution in [0.25, 0.3) is 0 Å². The Balaban J connectivity index is 2.14. The second kappa shape index (κ2) is 6.55. The van der Waals surface area contributed by atoms with Gasteiger partial charge in [-0.2, -0.15) is 0 Å². The number of hydrogen-bond donors (Lipinski definition) is 0. The van der Waals surface area contributed by atoms with E-state index in [1.165, 1.54) is 4.88 Å². The Labute approximate surface area is 132 Å². The van der Waals surface area contributed by atoms with Crippen molar-refractivity contribution < 1.29 is 4.79 Å². The SMILES string of the molecule is CC(=O)c1ccc(N(C)C(C)Cc2cccs2)cc1Br. The Morgan fingerprint density at radius 2 is 2.15 bits per heavy atom. The summed E-state index contributed by atoms with van der Waals surface area (Å²) in [6, 6.07) is 10.6. The maximum absolute atomic E-state index is 11.5. The van der Waals surface area contributed by atoms with E-state index in [1.54, 1.807) is 18.3 Å². The van der Waals surface area contributed by atoms with Gasteiger partial charge in [-0.3, -0.25) is 4.79 Å². The summed E-state index contributed by atoms with van der Waals surface area (Å²) in [5, 5.41) is 2.11. The third kappa shape index (κ3) is 3.49. The van der Waals surface area contributed by atoms with Gasteiger partial charge in [0.25, 0.3) is 0 Å². The molecule has 0 fully saturated rings. The molecular formula is C16H18BrNOS. The van der Waals surface area contributed by atoms with Crippen LogP contribution in [-0.2, 0) is 6.42 Å². The lowest BCUT2D eigenvalue weighted by Gasteiger charge is -2.27. The maximum atomic E-state index is 11.5. The third-order valence-electron chi connectivity index (χ3n) is 3.48. The summed E-state index contributed by atoms with van der Waals surface area (Å²) in [5.41, 5.74) is 1.85. The molecule has 0 bridgehead atoms. The minimum atomic E-state index is 0.0812. The highest BCUT2D eigenvalue weighted by atomic mass is 79.9. The zero-order chi connectivity index (χ0) is 14.7. The van der Waals surface area contributed by atoms with Crippen molar-refractivity contribution in [1.29, 1.82) is 0 Å². The van der Waals surface area contributed by atoms with Gasteiger partial charge in [0.15, 0.2) is 5.78 Å². The maximum Gasteiger partial charge on any atom is 0.160 e. The van der Waals surface area contributed by atoms with Gasteiger partial charge in [-0.1, -0.05) is 6.07 Å². The molecule has 1 aromatic carbocycles. The molecule has 1 aromatic heterocycles. The number of likely N-dealkylation sites (N-methyl/N-ethyl adjacent to an activating group) is 1. The number of carbonyl (C=O) groups is 1. The highest BCUT2D eigenvalue weighted by Gasteiger charge is 2.13. The van der Waals surface area contributed by atoms with Crippen molar-refractivity contribution in [2.45, 2.75) is 26.3 Å². The van der Waals surface area contributed by atoms with Crippen LogP contribution in [0.15, 0.2) is 40.2 Å². The summed E-state index contributed by atoms with van der Waals surface area (Å²) in [6.45, 7) is 3.80. The molecular weight excluding hydrogens is 334 g/mol. The van der Waals surface area contributed by atoms with Crippen LogP contribution in [0.2, 0.25) is 0 Å². The van der Waals surface area contributed by atoms with Crippen molar-refractivity contribution in [2.24, 2.45) is 0 Å². The molecule has 106 valence electrons. The summed E-state index contributed by atoms with van der Waals surface area (Å²) in [4.78, 5) is 15.1. The molecule has 0 amide bonds. The van der Waals surface area contributed by atoms with Gasteiger partial charge in [0.2, 0.25) is 0 Å². The Hall–Kier alpha value is -1.13. The lowest BCUT2D eigenvalue weighted by Crippen LogP contribution is -2.30. The molecule has 0 spiro atoms. The normalized spacial score (nSPS) is 12.2. The number of rotatable bonds is 5. The predicted molar refractivity (Wildman–Crippen MR) is 90.0 cm³/mol. The number of benzene rings is 1. The van der Waals surface area contributed by atoms with Crippen molar-refractivity contribution in [3.8, 4) is 0 Å². The van der Waals surface area contributed by atoms with Crippen LogP contribution in [0.4, 0.5) is 5.69 Å². The topological polar surface area (TPSA) is 20.3 Å². The van der Waals surface area contributed by atoms with Crippen LogP contribution >= 0.6 is 27.3 Å². The molecule has 20 heavy (non-hydrogen) atoms. The van der Waals surface area contributed by atoms with E-state index in [0.29, 0.717) is 6.04 Å². The molecule has 0 aliphatic carbocycles. The quantitative estimate of drug-likeness (QED) is 0.722. The Morgan fingerprint density at radius 3 is 2.70 bits per heavy atom. The van der Waals surface area contributed by atoms with Crippen LogP contribution in [0.3, 0.4) is 0 Å². The zero-order valence-corrected chi connectivity index (χ0v) is 14.3. The number of thiophene rings is 1. The standard InChI is InChI=1S/C16H18BrNOS/c1-11(9-14-5-4-8-20-14)18(3)13-6-7-15(12(2)19)16(17)10-13/h4-8,10-11H,9H2,1-3H3. The van der Waals surface area contributed by atoms with E-state index < -0.39 is 0 Å². The van der Waals surface area contributed by atoms with Gasteiger partial charge in [0, 0.05) is 40.1 Å². The molecule has 0 radical (unpaired) electrons. The number of carbonyl (C=O) groups excluding carboxylic acids is 1. The molecule has 4 heteroatoms. The van der Waals surface area contributed by atoms with E-state index in [9.17, 15) is 4.79 Å². The second-order valence-electron chi connectivity index (χ2n) is 4.96. The Morgan fingerprint density at radius 1 is 1.40 bits per heavy atom. The first kappa shape index (κ1) is 15.3. The number of nitrogens with zero attached hydrogens (tertiary/aromatic N) is 1. The molecule has 1 atom stereocenters. The largest absolute Gasteiger partial charge is 0.371 e. The van der Waals surface area contributed by atoms with E-state index in [2.05, 4.69) is 52.3 Å². The van der Waals surface area contributed by atoms with Crippen LogP contribution < -0.4 is 4.90 Å². The third-order valence-corrected chi connectivity index (χ3v) is 5.03. The molecule has 2 nitrogen and oxygen atoms in total. The fourth-order valence-electron chi connectivity index (χ4n) is 2.12. The zero-order valence-electron chi connectivity index (χ0n) is 11.9. The molecule has 0 aliphatic heterocycles. The van der Waals surface area contributed by atoms with Gasteiger partial charge in [0.05, 0.1) is 0 Å².